The van der Waals surface area contributed by atoms with Crippen LogP contribution in [-0.4, -0.2) is 72.3 Å². The maximum Gasteiger partial charge on any atom is 0.249 e. The number of carbonyl (C=O) groups excluding carboxylic acids is 1. The monoisotopic (exact) mass is 450 g/mol. The molecule has 1 saturated heterocycles. The van der Waals surface area contributed by atoms with E-state index in [0.29, 0.717) is 31.2 Å². The van der Waals surface area contributed by atoms with Gasteiger partial charge in [-0.15, -0.1) is 10.2 Å². The highest BCUT2D eigenvalue weighted by Gasteiger charge is 2.23. The SMILES string of the molecule is CO[C@H](c1ccccc1)c1nnc(CCC(=O)N2CCN(CCOc3ccccc3)CC2)o1. The molecule has 0 bridgehead atoms. The van der Waals surface area contributed by atoms with E-state index in [-0.39, 0.29) is 5.91 Å². The number of amides is 1. The number of ether oxygens (including phenoxy) is 2. The minimum atomic E-state index is -0.415. The number of para-hydroxylation sites is 1. The Bertz CT molecular complexity index is 988. The van der Waals surface area contributed by atoms with Crippen molar-refractivity contribution in [2.45, 2.75) is 18.9 Å². The van der Waals surface area contributed by atoms with Gasteiger partial charge < -0.3 is 18.8 Å². The quantitative estimate of drug-likeness (QED) is 0.470. The van der Waals surface area contributed by atoms with Gasteiger partial charge in [-0.2, -0.15) is 0 Å². The second-order valence-electron chi connectivity index (χ2n) is 7.94. The Kier molecular flexibility index (Phi) is 8.05. The van der Waals surface area contributed by atoms with Gasteiger partial charge in [0.15, 0.2) is 6.10 Å². The Labute approximate surface area is 194 Å². The van der Waals surface area contributed by atoms with Gasteiger partial charge >= 0.3 is 0 Å². The van der Waals surface area contributed by atoms with Crippen molar-refractivity contribution in [3.63, 3.8) is 0 Å². The molecule has 1 atom stereocenters. The number of piperazine rings is 1. The summed E-state index contributed by atoms with van der Waals surface area (Å²) in [4.78, 5) is 16.9. The lowest BCUT2D eigenvalue weighted by molar-refractivity contribution is -0.133. The van der Waals surface area contributed by atoms with Gasteiger partial charge in [0.25, 0.3) is 0 Å². The molecule has 8 heteroatoms. The van der Waals surface area contributed by atoms with E-state index in [4.69, 9.17) is 13.9 Å². The molecule has 3 aromatic rings. The molecule has 8 nitrogen and oxygen atoms in total. The third-order valence-electron chi connectivity index (χ3n) is 5.74. The van der Waals surface area contributed by atoms with Gasteiger partial charge in [-0.1, -0.05) is 48.5 Å². The lowest BCUT2D eigenvalue weighted by Crippen LogP contribution is -2.49. The number of aryl methyl sites for hydroxylation is 1. The molecule has 1 aliphatic heterocycles. The average molecular weight is 451 g/mol. The minimum Gasteiger partial charge on any atom is -0.492 e. The van der Waals surface area contributed by atoms with Gasteiger partial charge in [0.2, 0.25) is 17.7 Å². The van der Waals surface area contributed by atoms with Crippen LogP contribution in [0.3, 0.4) is 0 Å². The van der Waals surface area contributed by atoms with Crippen molar-refractivity contribution in [1.82, 2.24) is 20.0 Å². The average Bonchev–Trinajstić information content (AvgIpc) is 3.33. The largest absolute Gasteiger partial charge is 0.492 e. The van der Waals surface area contributed by atoms with Crippen molar-refractivity contribution >= 4 is 5.91 Å². The van der Waals surface area contributed by atoms with Crippen molar-refractivity contribution < 1.29 is 18.7 Å². The predicted molar refractivity (Wildman–Crippen MR) is 123 cm³/mol. The van der Waals surface area contributed by atoms with Gasteiger partial charge in [-0.25, -0.2) is 0 Å². The maximum atomic E-state index is 12.7. The lowest BCUT2D eigenvalue weighted by Gasteiger charge is -2.34. The molecule has 1 fully saturated rings. The number of hydrogen-bond donors (Lipinski definition) is 0. The Morgan fingerprint density at radius 2 is 1.70 bits per heavy atom. The van der Waals surface area contributed by atoms with Crippen LogP contribution in [0.25, 0.3) is 0 Å². The zero-order chi connectivity index (χ0) is 22.9. The summed E-state index contributed by atoms with van der Waals surface area (Å²) in [6.07, 6.45) is 0.353. The minimum absolute atomic E-state index is 0.112. The topological polar surface area (TPSA) is 80.9 Å². The molecule has 1 amide bonds. The van der Waals surface area contributed by atoms with Crippen molar-refractivity contribution in [2.75, 3.05) is 46.4 Å². The number of nitrogens with zero attached hydrogens (tertiary/aromatic N) is 4. The van der Waals surface area contributed by atoms with E-state index in [2.05, 4.69) is 15.1 Å². The summed E-state index contributed by atoms with van der Waals surface area (Å²) >= 11 is 0. The van der Waals surface area contributed by atoms with Crippen LogP contribution in [0.1, 0.15) is 29.9 Å². The summed E-state index contributed by atoms with van der Waals surface area (Å²) in [5.74, 6) is 1.85. The van der Waals surface area contributed by atoms with Crippen LogP contribution in [0.15, 0.2) is 65.1 Å². The molecule has 2 aromatic carbocycles. The Morgan fingerprint density at radius 3 is 2.39 bits per heavy atom. The molecule has 2 heterocycles. The summed E-state index contributed by atoms with van der Waals surface area (Å²) in [7, 11) is 1.61. The van der Waals surface area contributed by atoms with E-state index in [9.17, 15) is 4.79 Å². The zero-order valence-corrected chi connectivity index (χ0v) is 18.9. The van der Waals surface area contributed by atoms with E-state index in [1.165, 1.54) is 0 Å². The summed E-state index contributed by atoms with van der Waals surface area (Å²) in [5.41, 5.74) is 0.943. The van der Waals surface area contributed by atoms with Crippen LogP contribution < -0.4 is 4.74 Å². The first-order valence-corrected chi connectivity index (χ1v) is 11.3. The van der Waals surface area contributed by atoms with Crippen LogP contribution in [0.4, 0.5) is 0 Å². The van der Waals surface area contributed by atoms with Crippen molar-refractivity contribution in [3.8, 4) is 5.75 Å². The molecular weight excluding hydrogens is 420 g/mol. The van der Waals surface area contributed by atoms with Crippen molar-refractivity contribution in [3.05, 3.63) is 78.0 Å². The highest BCUT2D eigenvalue weighted by atomic mass is 16.5. The fraction of sp³-hybridized carbons (Fsp3) is 0.400. The number of methoxy groups -OCH3 is 1. The lowest BCUT2D eigenvalue weighted by atomic mass is 10.1. The summed E-state index contributed by atoms with van der Waals surface area (Å²) in [6.45, 7) is 4.63. The molecule has 4 rings (SSSR count). The molecule has 0 aliphatic carbocycles. The number of hydrogen-bond acceptors (Lipinski definition) is 7. The molecule has 1 aromatic heterocycles. The molecule has 33 heavy (non-hydrogen) atoms. The van der Waals surface area contributed by atoms with Gasteiger partial charge in [0.1, 0.15) is 12.4 Å². The first-order chi connectivity index (χ1) is 16.2. The molecule has 0 unspecified atom stereocenters. The third-order valence-corrected chi connectivity index (χ3v) is 5.74. The molecule has 0 spiro atoms. The Balaban J connectivity index is 1.18. The van der Waals surface area contributed by atoms with Crippen LogP contribution in [0.5, 0.6) is 5.75 Å². The molecule has 0 radical (unpaired) electrons. The number of aromatic nitrogens is 2. The van der Waals surface area contributed by atoms with E-state index < -0.39 is 6.10 Å². The van der Waals surface area contributed by atoms with Crippen LogP contribution in [0.2, 0.25) is 0 Å². The van der Waals surface area contributed by atoms with E-state index in [0.717, 1.165) is 44.0 Å². The number of rotatable bonds is 10. The highest BCUT2D eigenvalue weighted by molar-refractivity contribution is 5.76. The second kappa shape index (κ2) is 11.6. The third kappa shape index (κ3) is 6.40. The Hall–Kier alpha value is -3.23. The molecule has 174 valence electrons. The standard InChI is InChI=1S/C25H30N4O4/c1-31-24(20-8-4-2-5-9-20)25-27-26-22(33-25)12-13-23(30)29-16-14-28(15-17-29)18-19-32-21-10-6-3-7-11-21/h2-11,24H,12-19H2,1H3/t24-/m1/s1. The molecule has 0 N–H and O–H groups in total. The van der Waals surface area contributed by atoms with Gasteiger partial charge in [0, 0.05) is 52.7 Å². The Morgan fingerprint density at radius 1 is 1.00 bits per heavy atom. The van der Waals surface area contributed by atoms with E-state index in [1.54, 1.807) is 7.11 Å². The molecular formula is C25H30N4O4. The second-order valence-corrected chi connectivity index (χ2v) is 7.94. The van der Waals surface area contributed by atoms with E-state index >= 15 is 0 Å². The first-order valence-electron chi connectivity index (χ1n) is 11.3. The molecule has 1 aliphatic rings. The fourth-order valence-electron chi connectivity index (χ4n) is 3.88. The highest BCUT2D eigenvalue weighted by Crippen LogP contribution is 2.24. The summed E-state index contributed by atoms with van der Waals surface area (Å²) < 4.78 is 17.1. The predicted octanol–water partition coefficient (Wildman–Crippen LogP) is 2.96. The van der Waals surface area contributed by atoms with Crippen LogP contribution in [-0.2, 0) is 16.0 Å². The van der Waals surface area contributed by atoms with Crippen LogP contribution in [0, 0.1) is 0 Å². The van der Waals surface area contributed by atoms with Crippen LogP contribution >= 0.6 is 0 Å². The first kappa shape index (κ1) is 22.9. The maximum absolute atomic E-state index is 12.7. The summed E-state index contributed by atoms with van der Waals surface area (Å²) in [6, 6.07) is 19.5. The number of carbonyl (C=O) groups is 1. The van der Waals surface area contributed by atoms with Gasteiger partial charge in [0.05, 0.1) is 0 Å². The van der Waals surface area contributed by atoms with Crippen molar-refractivity contribution in [1.29, 1.82) is 0 Å². The van der Waals surface area contributed by atoms with Crippen molar-refractivity contribution in [2.24, 2.45) is 0 Å². The van der Waals surface area contributed by atoms with E-state index in [1.807, 2.05) is 65.6 Å². The fourth-order valence-corrected chi connectivity index (χ4v) is 3.88. The zero-order valence-electron chi connectivity index (χ0n) is 18.9. The van der Waals surface area contributed by atoms with Gasteiger partial charge in [-0.05, 0) is 17.7 Å². The molecule has 0 saturated carbocycles. The summed E-state index contributed by atoms with van der Waals surface area (Å²) in [5, 5.41) is 8.24. The normalized spacial score (nSPS) is 15.4. The van der Waals surface area contributed by atoms with Gasteiger partial charge in [-0.3, -0.25) is 9.69 Å². The smallest absolute Gasteiger partial charge is 0.249 e. The number of benzene rings is 2.